The Morgan fingerprint density at radius 1 is 0.944 bits per heavy atom. The van der Waals surface area contributed by atoms with Crippen molar-refractivity contribution >= 4 is 41.9 Å². The second-order valence-electron chi connectivity index (χ2n) is 15.1. The summed E-state index contributed by atoms with van der Waals surface area (Å²) in [5.41, 5.74) is 1.53. The molecule has 0 radical (unpaired) electrons. The van der Waals surface area contributed by atoms with E-state index < -0.39 is 36.0 Å². The van der Waals surface area contributed by atoms with Crippen molar-refractivity contribution in [1.29, 1.82) is 0 Å². The molecule has 4 aliphatic rings. The summed E-state index contributed by atoms with van der Waals surface area (Å²) in [6.45, 7) is 6.95. The van der Waals surface area contributed by atoms with Gasteiger partial charge in [0.2, 0.25) is 29.5 Å². The number of carbonyl (C=O) groups excluding carboxylic acids is 5. The van der Waals surface area contributed by atoms with E-state index in [-0.39, 0.29) is 68.1 Å². The van der Waals surface area contributed by atoms with Gasteiger partial charge in [0.05, 0.1) is 25.7 Å². The topological polar surface area (TPSA) is 167 Å². The number of methoxy groups -OCH3 is 1. The van der Waals surface area contributed by atoms with Crippen LogP contribution in [-0.4, -0.2) is 98.0 Å². The Hall–Kier alpha value is -4.36. The van der Waals surface area contributed by atoms with Gasteiger partial charge in [-0.2, -0.15) is 0 Å². The van der Waals surface area contributed by atoms with Gasteiger partial charge in [0.1, 0.15) is 36.2 Å². The van der Waals surface area contributed by atoms with Crippen LogP contribution < -0.4 is 36.1 Å². The standard InChI is InChI=1S/C40H56N6O7.ClH/c1-25(2)19-30-24-53-32-16-12-28(13-17-32)21-35(44-37(48)33-7-5-6-18-41-33)39(50)45-34(20-27-10-14-31(52-4)15-11-27)38(49)42-26(3)40(51)46(22-29-8-9-29)23-36(47)43-30;/h10-17,25-26,29-30,33-35,41H,5-9,18-24H2,1-4H3,(H,42,49)(H,43,47)(H,44,48)(H,45,50);1H/t26-,30+,33+,34+,35+;/m1./s1. The zero-order chi connectivity index (χ0) is 37.9. The molecule has 0 unspecified atom stereocenters. The second-order valence-corrected chi connectivity index (χ2v) is 15.1. The predicted octanol–water partition coefficient (Wildman–Crippen LogP) is 2.68. The number of rotatable bonds is 9. The molecule has 3 heterocycles. The molecular formula is C40H57ClN6O7. The van der Waals surface area contributed by atoms with E-state index in [1.165, 1.54) is 4.90 Å². The molecular weight excluding hydrogens is 712 g/mol. The molecule has 5 N–H and O–H groups in total. The normalized spacial score (nSPS) is 24.7. The molecule has 296 valence electrons. The van der Waals surface area contributed by atoms with Crippen molar-refractivity contribution in [2.45, 2.75) is 102 Å². The molecule has 2 fully saturated rings. The number of piperidine rings is 1. The molecule has 0 aromatic heterocycles. The molecule has 1 saturated carbocycles. The molecule has 2 aromatic carbocycles. The van der Waals surface area contributed by atoms with Crippen LogP contribution in [0.1, 0.15) is 70.4 Å². The number of fused-ring (bicyclic) bond motifs is 17. The van der Waals surface area contributed by atoms with Crippen LogP contribution >= 0.6 is 12.4 Å². The molecule has 2 aromatic rings. The maximum atomic E-state index is 14.2. The first-order chi connectivity index (χ1) is 25.5. The van der Waals surface area contributed by atoms with Gasteiger partial charge in [-0.25, -0.2) is 0 Å². The van der Waals surface area contributed by atoms with E-state index in [4.69, 9.17) is 9.47 Å². The summed E-state index contributed by atoms with van der Waals surface area (Å²) in [6.07, 6.45) is 5.45. The molecule has 13 nitrogen and oxygen atoms in total. The SMILES string of the molecule is COc1ccc(C[C@@H]2NC(=O)[C@@H](NC(=O)[C@@H]3CCCCN3)Cc3ccc(cc3)OC[C@H](CC(C)C)NC(=O)CN(CC3CC3)C(=O)[C@@H](C)NC2=O)cc1.Cl. The predicted molar refractivity (Wildman–Crippen MR) is 207 cm³/mol. The third-order valence-electron chi connectivity index (χ3n) is 9.98. The van der Waals surface area contributed by atoms with Gasteiger partial charge in [-0.1, -0.05) is 44.5 Å². The average Bonchev–Trinajstić information content (AvgIpc) is 3.97. The third-order valence-corrected chi connectivity index (χ3v) is 9.98. The lowest BCUT2D eigenvalue weighted by molar-refractivity contribution is -0.140. The molecule has 3 aliphatic heterocycles. The summed E-state index contributed by atoms with van der Waals surface area (Å²) in [7, 11) is 1.56. The lowest BCUT2D eigenvalue weighted by atomic mass is 10.0. The highest BCUT2D eigenvalue weighted by atomic mass is 35.5. The van der Waals surface area contributed by atoms with E-state index in [2.05, 4.69) is 40.4 Å². The molecule has 5 amide bonds. The third kappa shape index (κ3) is 12.9. The lowest BCUT2D eigenvalue weighted by Gasteiger charge is -2.29. The zero-order valence-corrected chi connectivity index (χ0v) is 32.7. The summed E-state index contributed by atoms with van der Waals surface area (Å²) in [6, 6.07) is 10.7. The van der Waals surface area contributed by atoms with E-state index in [1.54, 1.807) is 38.3 Å². The number of halogens is 1. The number of hydrogen-bond acceptors (Lipinski definition) is 8. The number of benzene rings is 2. The smallest absolute Gasteiger partial charge is 0.245 e. The Morgan fingerprint density at radius 2 is 1.67 bits per heavy atom. The molecule has 0 spiro atoms. The summed E-state index contributed by atoms with van der Waals surface area (Å²) < 4.78 is 11.4. The van der Waals surface area contributed by atoms with Crippen LogP contribution in [0.2, 0.25) is 0 Å². The van der Waals surface area contributed by atoms with Crippen LogP contribution in [0, 0.1) is 11.8 Å². The van der Waals surface area contributed by atoms with Crippen molar-refractivity contribution in [3.05, 3.63) is 59.7 Å². The van der Waals surface area contributed by atoms with Gasteiger partial charge in [0.25, 0.3) is 0 Å². The summed E-state index contributed by atoms with van der Waals surface area (Å²) in [5, 5.41) is 15.0. The highest BCUT2D eigenvalue weighted by Gasteiger charge is 2.34. The van der Waals surface area contributed by atoms with Crippen molar-refractivity contribution < 1.29 is 33.4 Å². The summed E-state index contributed by atoms with van der Waals surface area (Å²) in [5.74, 6) is -0.216. The Bertz CT molecular complexity index is 1560. The second kappa shape index (κ2) is 20.4. The minimum Gasteiger partial charge on any atom is -0.497 e. The van der Waals surface area contributed by atoms with Crippen molar-refractivity contribution in [1.82, 2.24) is 31.5 Å². The molecule has 54 heavy (non-hydrogen) atoms. The first-order valence-electron chi connectivity index (χ1n) is 19.0. The number of nitrogens with zero attached hydrogens (tertiary/aromatic N) is 1. The fraction of sp³-hybridized carbons (Fsp3) is 0.575. The fourth-order valence-electron chi connectivity index (χ4n) is 6.87. The number of ether oxygens (including phenoxy) is 2. The van der Waals surface area contributed by atoms with E-state index in [9.17, 15) is 24.0 Å². The first-order valence-corrected chi connectivity index (χ1v) is 19.0. The van der Waals surface area contributed by atoms with Gasteiger partial charge in [0.15, 0.2) is 0 Å². The highest BCUT2D eigenvalue weighted by molar-refractivity contribution is 5.95. The van der Waals surface area contributed by atoms with E-state index in [0.29, 0.717) is 36.8 Å². The Kier molecular flexibility index (Phi) is 16.0. The number of amides is 5. The average molecular weight is 769 g/mol. The van der Waals surface area contributed by atoms with Crippen LogP contribution in [0.25, 0.3) is 0 Å². The van der Waals surface area contributed by atoms with Crippen molar-refractivity contribution in [3.8, 4) is 11.5 Å². The van der Waals surface area contributed by atoms with E-state index >= 15 is 0 Å². The fourth-order valence-corrected chi connectivity index (χ4v) is 6.87. The molecule has 6 rings (SSSR count). The quantitative estimate of drug-likeness (QED) is 0.243. The van der Waals surface area contributed by atoms with Gasteiger partial charge < -0.3 is 41.0 Å². The Balaban J connectivity index is 0.00000650. The van der Waals surface area contributed by atoms with Gasteiger partial charge in [-0.05, 0) is 92.8 Å². The molecule has 14 heteroatoms. The molecule has 5 atom stereocenters. The minimum atomic E-state index is -1.09. The maximum absolute atomic E-state index is 14.2. The minimum absolute atomic E-state index is 0. The van der Waals surface area contributed by atoms with Crippen LogP contribution in [-0.2, 0) is 36.8 Å². The number of nitrogens with one attached hydrogen (secondary N) is 5. The van der Waals surface area contributed by atoms with Gasteiger partial charge in [-0.3, -0.25) is 24.0 Å². The van der Waals surface area contributed by atoms with Crippen LogP contribution in [0.4, 0.5) is 0 Å². The zero-order valence-electron chi connectivity index (χ0n) is 31.9. The van der Waals surface area contributed by atoms with Gasteiger partial charge in [-0.15, -0.1) is 12.4 Å². The van der Waals surface area contributed by atoms with Crippen LogP contribution in [0.15, 0.2) is 48.5 Å². The monoisotopic (exact) mass is 768 g/mol. The largest absolute Gasteiger partial charge is 0.497 e. The van der Waals surface area contributed by atoms with Crippen molar-refractivity contribution in [2.24, 2.45) is 11.8 Å². The number of carbonyl (C=O) groups is 5. The summed E-state index contributed by atoms with van der Waals surface area (Å²) in [4.78, 5) is 70.4. The van der Waals surface area contributed by atoms with E-state index in [1.807, 2.05) is 24.3 Å². The molecule has 1 saturated heterocycles. The number of hydrogen-bond donors (Lipinski definition) is 5. The maximum Gasteiger partial charge on any atom is 0.245 e. The first kappa shape index (κ1) is 42.4. The highest BCUT2D eigenvalue weighted by Crippen LogP contribution is 2.30. The Morgan fingerprint density at radius 3 is 2.30 bits per heavy atom. The lowest BCUT2D eigenvalue weighted by Crippen LogP contribution is -2.59. The van der Waals surface area contributed by atoms with Crippen molar-refractivity contribution in [3.63, 3.8) is 0 Å². The van der Waals surface area contributed by atoms with Crippen LogP contribution in [0.3, 0.4) is 0 Å². The van der Waals surface area contributed by atoms with Crippen LogP contribution in [0.5, 0.6) is 11.5 Å². The van der Waals surface area contributed by atoms with E-state index in [0.717, 1.165) is 43.4 Å². The summed E-state index contributed by atoms with van der Waals surface area (Å²) >= 11 is 0. The Labute approximate surface area is 324 Å². The van der Waals surface area contributed by atoms with Gasteiger partial charge >= 0.3 is 0 Å². The van der Waals surface area contributed by atoms with Crippen molar-refractivity contribution in [2.75, 3.05) is 33.4 Å². The molecule has 1 aliphatic carbocycles. The molecule has 2 bridgehead atoms. The van der Waals surface area contributed by atoms with Gasteiger partial charge in [0, 0.05) is 19.4 Å².